The third kappa shape index (κ3) is 4.71. The van der Waals surface area contributed by atoms with Gasteiger partial charge in [-0.2, -0.15) is 0 Å². The van der Waals surface area contributed by atoms with Crippen LogP contribution in [0.25, 0.3) is 128 Å². The van der Waals surface area contributed by atoms with Gasteiger partial charge in [-0.1, -0.05) is 100 Å². The lowest BCUT2D eigenvalue weighted by atomic mass is 10.0. The molecule has 0 fully saturated rings. The topological polar surface area (TPSA) is 85.9 Å². The van der Waals surface area contributed by atoms with Gasteiger partial charge in [0.25, 0.3) is 22.2 Å². The first-order chi connectivity index (χ1) is 32.0. The van der Waals surface area contributed by atoms with Gasteiger partial charge in [-0.3, -0.25) is 36.8 Å². The Morgan fingerprint density at radius 2 is 0.576 bits per heavy atom. The maximum Gasteiger partial charge on any atom is 0.273 e. The molecule has 0 atom stereocenters. The fourth-order valence-electron chi connectivity index (χ4n) is 10.8. The van der Waals surface area contributed by atoms with E-state index in [1.807, 2.05) is 72.8 Å². The lowest BCUT2D eigenvalue weighted by molar-refractivity contribution is 1.21. The SMILES string of the molecule is O=c1c2sc3c(=O)n4c5cc(Br)ccc5cc4c4ccc(c2c34)c2cc3ccc(Br)cc3n12.O=c1c2sc3c(=O)n4c5ccc(Br)cc5cc4c4ccc(c2c34)c2cc3cc(Br)ccc3n12. The monoisotopic (exact) mass is 1140 g/mol. The van der Waals surface area contributed by atoms with Crippen LogP contribution < -0.4 is 22.2 Å². The summed E-state index contributed by atoms with van der Waals surface area (Å²) in [5.41, 5.74) is 6.70. The molecular weight excluding hydrogens is 1130 g/mol. The largest absolute Gasteiger partial charge is 0.275 e. The minimum atomic E-state index is -0.0732. The number of nitrogens with zero attached hydrogens (tertiary/aromatic N) is 4. The normalized spacial score (nSPS) is 12.8. The second-order valence-electron chi connectivity index (χ2n) is 16.8. The second-order valence-corrected chi connectivity index (χ2v) is 22.5. The van der Waals surface area contributed by atoms with Crippen molar-refractivity contribution in [1.29, 1.82) is 0 Å². The molecule has 0 N–H and O–H groups in total. The highest BCUT2D eigenvalue weighted by Gasteiger charge is 2.26. The van der Waals surface area contributed by atoms with Gasteiger partial charge < -0.3 is 0 Å². The van der Waals surface area contributed by atoms with Crippen molar-refractivity contribution in [2.45, 2.75) is 0 Å². The average Bonchev–Trinajstić information content (AvgIpc) is 4.16. The highest BCUT2D eigenvalue weighted by atomic mass is 79.9. The first-order valence-corrected chi connectivity index (χ1v) is 25.5. The standard InChI is InChI=1S/2C26H10Br2N2O2S/c27-13-1-5-17-11(7-13)9-19-15-3-4-16-20-10-12-8-14(28)2-6-18(12)30(20)26(32)24-22(16)21(15)23(33-24)25(31)29(17)19;27-13-3-1-11-7-19-15-5-6-16-20-8-12-2-4-14(28)10-18(12)30(20)26(32)24-22(16)21(15)23(33-24)25(31)29(19)17(11)9-13/h2*1-10H. The summed E-state index contributed by atoms with van der Waals surface area (Å²) in [5.74, 6) is 0. The maximum absolute atomic E-state index is 13.8. The Balaban J connectivity index is 0.000000121. The molecule has 0 saturated carbocycles. The van der Waals surface area contributed by atoms with Gasteiger partial charge >= 0.3 is 0 Å². The average molecular weight is 1150 g/mol. The molecule has 0 aliphatic carbocycles. The molecule has 16 aromatic rings. The highest BCUT2D eigenvalue weighted by molar-refractivity contribution is 9.11. The number of benzene rings is 6. The van der Waals surface area contributed by atoms with Crippen LogP contribution in [0.15, 0.2) is 158 Å². The van der Waals surface area contributed by atoms with Crippen LogP contribution >= 0.6 is 86.4 Å². The van der Waals surface area contributed by atoms with Crippen molar-refractivity contribution in [3.8, 4) is 0 Å². The van der Waals surface area contributed by atoms with Gasteiger partial charge in [-0.15, -0.1) is 22.7 Å². The Morgan fingerprint density at radius 3 is 0.924 bits per heavy atom. The third-order valence-electron chi connectivity index (χ3n) is 13.5. The summed E-state index contributed by atoms with van der Waals surface area (Å²) in [4.78, 5) is 54.9. The van der Waals surface area contributed by atoms with Gasteiger partial charge in [0, 0.05) is 82.5 Å². The molecule has 10 heterocycles. The van der Waals surface area contributed by atoms with Gasteiger partial charge in [0.15, 0.2) is 0 Å². The van der Waals surface area contributed by atoms with Gasteiger partial charge in [0.05, 0.1) is 44.1 Å². The van der Waals surface area contributed by atoms with Gasteiger partial charge in [-0.25, -0.2) is 0 Å². The van der Waals surface area contributed by atoms with E-state index in [2.05, 4.69) is 112 Å². The number of pyridine rings is 4. The Kier molecular flexibility index (Phi) is 7.46. The van der Waals surface area contributed by atoms with E-state index < -0.39 is 0 Å². The van der Waals surface area contributed by atoms with E-state index in [4.69, 9.17) is 0 Å². The number of fused-ring (bicyclic) bond motifs is 16. The molecule has 0 spiro atoms. The Morgan fingerprint density at radius 1 is 0.288 bits per heavy atom. The summed E-state index contributed by atoms with van der Waals surface area (Å²) < 4.78 is 13.5. The van der Waals surface area contributed by atoms with Crippen LogP contribution in [0.1, 0.15) is 0 Å². The minimum absolute atomic E-state index is 0.0682. The van der Waals surface area contributed by atoms with Crippen LogP contribution in [-0.2, 0) is 0 Å². The third-order valence-corrected chi connectivity index (χ3v) is 17.8. The zero-order valence-corrected chi connectivity index (χ0v) is 41.3. The van der Waals surface area contributed by atoms with Crippen molar-refractivity contribution in [1.82, 2.24) is 17.6 Å². The Labute approximate surface area is 408 Å². The second kappa shape index (κ2) is 12.9. The van der Waals surface area contributed by atoms with Gasteiger partial charge in [0.2, 0.25) is 0 Å². The Bertz CT molecular complexity index is 4800. The molecule has 312 valence electrons. The van der Waals surface area contributed by atoms with Gasteiger partial charge in [0.1, 0.15) is 18.8 Å². The van der Waals surface area contributed by atoms with Crippen LogP contribution in [0.3, 0.4) is 0 Å². The van der Waals surface area contributed by atoms with E-state index in [0.29, 0.717) is 18.8 Å². The molecule has 0 saturated heterocycles. The summed E-state index contributed by atoms with van der Waals surface area (Å²) in [6.07, 6.45) is 0. The fourth-order valence-corrected chi connectivity index (χ4v) is 14.6. The lowest BCUT2D eigenvalue weighted by Gasteiger charge is -2.07. The molecule has 0 radical (unpaired) electrons. The minimum Gasteiger partial charge on any atom is -0.275 e. The van der Waals surface area contributed by atoms with E-state index >= 15 is 0 Å². The number of hydrogen-bond donors (Lipinski definition) is 0. The molecular formula is C52H20Br4N4O4S2. The van der Waals surface area contributed by atoms with Crippen LogP contribution in [0.5, 0.6) is 0 Å². The van der Waals surface area contributed by atoms with Crippen molar-refractivity contribution in [3.05, 3.63) is 181 Å². The van der Waals surface area contributed by atoms with E-state index in [0.717, 1.165) is 127 Å². The lowest BCUT2D eigenvalue weighted by Crippen LogP contribution is -2.11. The summed E-state index contributed by atoms with van der Waals surface area (Å²) in [6.45, 7) is 0. The van der Waals surface area contributed by atoms with Crippen LogP contribution in [-0.4, -0.2) is 17.6 Å². The molecule has 8 nitrogen and oxygen atoms in total. The zero-order valence-electron chi connectivity index (χ0n) is 33.3. The van der Waals surface area contributed by atoms with E-state index in [-0.39, 0.29) is 22.2 Å². The molecule has 0 amide bonds. The predicted octanol–water partition coefficient (Wildman–Crippen LogP) is 14.3. The van der Waals surface area contributed by atoms with Crippen LogP contribution in [0.2, 0.25) is 0 Å². The van der Waals surface area contributed by atoms with Gasteiger partial charge in [-0.05, 0) is 84.9 Å². The fraction of sp³-hybridized carbons (Fsp3) is 0. The van der Waals surface area contributed by atoms with Crippen molar-refractivity contribution in [3.63, 3.8) is 0 Å². The van der Waals surface area contributed by atoms with Crippen molar-refractivity contribution in [2.24, 2.45) is 0 Å². The molecule has 0 bridgehead atoms. The summed E-state index contributed by atoms with van der Waals surface area (Å²) in [5, 5.41) is 11.6. The van der Waals surface area contributed by atoms with E-state index in [9.17, 15) is 19.2 Å². The predicted molar refractivity (Wildman–Crippen MR) is 288 cm³/mol. The molecule has 0 aliphatic rings. The van der Waals surface area contributed by atoms with E-state index in [1.54, 1.807) is 17.6 Å². The number of aromatic nitrogens is 4. The molecule has 0 aliphatic heterocycles. The molecule has 6 aromatic carbocycles. The first kappa shape index (κ1) is 38.1. The summed E-state index contributed by atoms with van der Waals surface area (Å²) >= 11 is 16.8. The van der Waals surface area contributed by atoms with Crippen molar-refractivity contribution < 1.29 is 0 Å². The molecule has 16 rings (SSSR count). The Hall–Kier alpha value is -6.00. The van der Waals surface area contributed by atoms with Crippen LogP contribution in [0.4, 0.5) is 0 Å². The molecule has 14 heteroatoms. The quantitative estimate of drug-likeness (QED) is 0.142. The number of thiophene rings is 2. The number of rotatable bonds is 0. The summed E-state index contributed by atoms with van der Waals surface area (Å²) in [6, 6.07) is 40.5. The van der Waals surface area contributed by atoms with Crippen molar-refractivity contribution >= 4 is 214 Å². The van der Waals surface area contributed by atoms with Crippen molar-refractivity contribution in [2.75, 3.05) is 0 Å². The smallest absolute Gasteiger partial charge is 0.273 e. The summed E-state index contributed by atoms with van der Waals surface area (Å²) in [7, 11) is 0. The molecule has 0 unspecified atom stereocenters. The molecule has 66 heavy (non-hydrogen) atoms. The van der Waals surface area contributed by atoms with Crippen LogP contribution in [0, 0.1) is 0 Å². The number of halogens is 4. The zero-order chi connectivity index (χ0) is 44.3. The molecule has 10 aromatic heterocycles. The maximum atomic E-state index is 13.8. The first-order valence-electron chi connectivity index (χ1n) is 20.7. The van der Waals surface area contributed by atoms with E-state index in [1.165, 1.54) is 22.7 Å². The highest BCUT2D eigenvalue weighted by Crippen LogP contribution is 2.44. The number of hydrogen-bond acceptors (Lipinski definition) is 6.